The second-order valence-electron chi connectivity index (χ2n) is 5.94. The Bertz CT molecular complexity index is 650. The summed E-state index contributed by atoms with van der Waals surface area (Å²) in [6.07, 6.45) is 6.85. The van der Waals surface area contributed by atoms with Gasteiger partial charge in [-0.15, -0.1) is 0 Å². The number of methoxy groups -OCH3 is 1. The molecule has 1 aliphatic rings. The van der Waals surface area contributed by atoms with Crippen LogP contribution < -0.4 is 4.74 Å². The molecule has 0 N–H and O–H groups in total. The van der Waals surface area contributed by atoms with Crippen LogP contribution in [0.5, 0.6) is 5.75 Å². The lowest BCUT2D eigenvalue weighted by Crippen LogP contribution is -2.04. The first-order valence-corrected chi connectivity index (χ1v) is 8.11. The van der Waals surface area contributed by atoms with Crippen LogP contribution >= 0.6 is 0 Å². The van der Waals surface area contributed by atoms with Gasteiger partial charge in [0.1, 0.15) is 5.75 Å². The molecule has 1 fully saturated rings. The van der Waals surface area contributed by atoms with E-state index in [0.717, 1.165) is 22.8 Å². The fourth-order valence-corrected chi connectivity index (χ4v) is 3.09. The minimum absolute atomic E-state index is 0.761. The SMILES string of the molecule is COc1ccc(C#Cc2ccc(C3CCCCC3)cc2)cc1. The fraction of sp³-hybridized carbons (Fsp3) is 0.333. The predicted octanol–water partition coefficient (Wildman–Crippen LogP) is 5.14. The summed E-state index contributed by atoms with van der Waals surface area (Å²) in [7, 11) is 1.68. The van der Waals surface area contributed by atoms with Crippen molar-refractivity contribution in [3.8, 4) is 17.6 Å². The molecule has 2 aromatic rings. The van der Waals surface area contributed by atoms with Gasteiger partial charge in [-0.05, 0) is 60.7 Å². The first kappa shape index (κ1) is 14.7. The minimum atomic E-state index is 0.761. The molecular formula is C21H22O. The van der Waals surface area contributed by atoms with Gasteiger partial charge in [-0.3, -0.25) is 0 Å². The average molecular weight is 290 g/mol. The van der Waals surface area contributed by atoms with Crippen molar-refractivity contribution in [3.05, 3.63) is 65.2 Å². The average Bonchev–Trinajstić information content (AvgIpc) is 2.61. The molecule has 0 unspecified atom stereocenters. The highest BCUT2D eigenvalue weighted by Crippen LogP contribution is 2.32. The van der Waals surface area contributed by atoms with E-state index in [4.69, 9.17) is 4.74 Å². The van der Waals surface area contributed by atoms with Crippen molar-refractivity contribution >= 4 is 0 Å². The smallest absolute Gasteiger partial charge is 0.118 e. The van der Waals surface area contributed by atoms with Crippen LogP contribution in [0.2, 0.25) is 0 Å². The van der Waals surface area contributed by atoms with Gasteiger partial charge in [0.15, 0.2) is 0 Å². The van der Waals surface area contributed by atoms with E-state index >= 15 is 0 Å². The van der Waals surface area contributed by atoms with Crippen molar-refractivity contribution in [1.29, 1.82) is 0 Å². The Morgan fingerprint density at radius 2 is 1.32 bits per heavy atom. The van der Waals surface area contributed by atoms with Crippen LogP contribution in [0.3, 0.4) is 0 Å². The van der Waals surface area contributed by atoms with E-state index < -0.39 is 0 Å². The molecule has 0 spiro atoms. The van der Waals surface area contributed by atoms with Crippen LogP contribution in [0, 0.1) is 11.8 Å². The maximum absolute atomic E-state index is 5.15. The van der Waals surface area contributed by atoms with E-state index in [0.29, 0.717) is 0 Å². The molecule has 0 heterocycles. The maximum Gasteiger partial charge on any atom is 0.118 e. The molecule has 0 radical (unpaired) electrons. The zero-order valence-corrected chi connectivity index (χ0v) is 13.1. The molecule has 2 aromatic carbocycles. The highest BCUT2D eigenvalue weighted by Gasteiger charge is 2.14. The quantitative estimate of drug-likeness (QED) is 0.696. The Balaban J connectivity index is 1.69. The Labute approximate surface area is 133 Å². The van der Waals surface area contributed by atoms with E-state index in [9.17, 15) is 0 Å². The molecular weight excluding hydrogens is 268 g/mol. The third-order valence-electron chi connectivity index (χ3n) is 4.43. The first-order valence-electron chi connectivity index (χ1n) is 8.11. The highest BCUT2D eigenvalue weighted by atomic mass is 16.5. The summed E-state index contributed by atoms with van der Waals surface area (Å²) in [6.45, 7) is 0. The van der Waals surface area contributed by atoms with Crippen LogP contribution in [0.25, 0.3) is 0 Å². The zero-order chi connectivity index (χ0) is 15.2. The summed E-state index contributed by atoms with van der Waals surface area (Å²) in [6, 6.07) is 16.7. The van der Waals surface area contributed by atoms with Gasteiger partial charge < -0.3 is 4.74 Å². The normalized spacial score (nSPS) is 15.0. The second-order valence-corrected chi connectivity index (χ2v) is 5.94. The Morgan fingerprint density at radius 1 is 0.773 bits per heavy atom. The number of rotatable bonds is 2. The van der Waals surface area contributed by atoms with E-state index in [2.05, 4.69) is 36.1 Å². The predicted molar refractivity (Wildman–Crippen MR) is 91.2 cm³/mol. The van der Waals surface area contributed by atoms with Gasteiger partial charge in [-0.25, -0.2) is 0 Å². The van der Waals surface area contributed by atoms with Crippen molar-refractivity contribution in [1.82, 2.24) is 0 Å². The monoisotopic (exact) mass is 290 g/mol. The number of ether oxygens (including phenoxy) is 1. The van der Waals surface area contributed by atoms with Crippen LogP contribution in [0.15, 0.2) is 48.5 Å². The van der Waals surface area contributed by atoms with Crippen LogP contribution in [-0.2, 0) is 0 Å². The molecule has 0 aliphatic heterocycles. The first-order chi connectivity index (χ1) is 10.8. The summed E-state index contributed by atoms with van der Waals surface area (Å²) in [4.78, 5) is 0. The number of hydrogen-bond acceptors (Lipinski definition) is 1. The fourth-order valence-electron chi connectivity index (χ4n) is 3.09. The second kappa shape index (κ2) is 7.18. The van der Waals surface area contributed by atoms with Crippen molar-refractivity contribution < 1.29 is 4.74 Å². The van der Waals surface area contributed by atoms with Crippen molar-refractivity contribution in [3.63, 3.8) is 0 Å². The molecule has 1 nitrogen and oxygen atoms in total. The van der Waals surface area contributed by atoms with Crippen molar-refractivity contribution in [2.45, 2.75) is 38.0 Å². The molecule has 112 valence electrons. The molecule has 22 heavy (non-hydrogen) atoms. The lowest BCUT2D eigenvalue weighted by Gasteiger charge is -2.21. The highest BCUT2D eigenvalue weighted by molar-refractivity contribution is 5.45. The van der Waals surface area contributed by atoms with Gasteiger partial charge in [-0.2, -0.15) is 0 Å². The van der Waals surface area contributed by atoms with Gasteiger partial charge in [0.05, 0.1) is 7.11 Å². The van der Waals surface area contributed by atoms with Gasteiger partial charge in [0.25, 0.3) is 0 Å². The van der Waals surface area contributed by atoms with E-state index in [-0.39, 0.29) is 0 Å². The standard InChI is InChI=1S/C21H22O/c1-22-21-15-11-18(12-16-21)8-7-17-9-13-20(14-10-17)19-5-3-2-4-6-19/h9-16,19H,2-6H2,1H3. The molecule has 1 saturated carbocycles. The Kier molecular flexibility index (Phi) is 4.81. The van der Waals surface area contributed by atoms with Gasteiger partial charge in [-0.1, -0.05) is 43.2 Å². The Hall–Kier alpha value is -2.20. The zero-order valence-electron chi connectivity index (χ0n) is 13.1. The molecule has 1 heteroatoms. The molecule has 3 rings (SSSR count). The van der Waals surface area contributed by atoms with E-state index in [1.54, 1.807) is 7.11 Å². The molecule has 0 bridgehead atoms. The minimum Gasteiger partial charge on any atom is -0.497 e. The van der Waals surface area contributed by atoms with Crippen LogP contribution in [-0.4, -0.2) is 7.11 Å². The third kappa shape index (κ3) is 3.71. The topological polar surface area (TPSA) is 9.23 Å². The summed E-state index contributed by atoms with van der Waals surface area (Å²) in [5, 5.41) is 0. The summed E-state index contributed by atoms with van der Waals surface area (Å²) in [5.41, 5.74) is 3.57. The summed E-state index contributed by atoms with van der Waals surface area (Å²) < 4.78 is 5.15. The number of benzene rings is 2. The molecule has 1 aliphatic carbocycles. The molecule has 0 atom stereocenters. The van der Waals surface area contributed by atoms with Crippen LogP contribution in [0.1, 0.15) is 54.7 Å². The van der Waals surface area contributed by atoms with Crippen molar-refractivity contribution in [2.75, 3.05) is 7.11 Å². The Morgan fingerprint density at radius 3 is 1.86 bits per heavy atom. The molecule has 0 saturated heterocycles. The summed E-state index contributed by atoms with van der Waals surface area (Å²) in [5.74, 6) is 8.07. The largest absolute Gasteiger partial charge is 0.497 e. The number of hydrogen-bond donors (Lipinski definition) is 0. The van der Waals surface area contributed by atoms with Gasteiger partial charge in [0.2, 0.25) is 0 Å². The lowest BCUT2D eigenvalue weighted by atomic mass is 9.84. The molecule has 0 aromatic heterocycles. The van der Waals surface area contributed by atoms with Gasteiger partial charge in [0, 0.05) is 11.1 Å². The summed E-state index contributed by atoms with van der Waals surface area (Å²) >= 11 is 0. The van der Waals surface area contributed by atoms with Crippen molar-refractivity contribution in [2.24, 2.45) is 0 Å². The van der Waals surface area contributed by atoms with E-state index in [1.165, 1.54) is 37.7 Å². The van der Waals surface area contributed by atoms with E-state index in [1.807, 2.05) is 24.3 Å². The molecule has 0 amide bonds. The van der Waals surface area contributed by atoms with Gasteiger partial charge >= 0.3 is 0 Å². The van der Waals surface area contributed by atoms with Crippen LogP contribution in [0.4, 0.5) is 0 Å². The third-order valence-corrected chi connectivity index (χ3v) is 4.43. The lowest BCUT2D eigenvalue weighted by molar-refractivity contribution is 0.415. The maximum atomic E-state index is 5.15.